The third-order valence-electron chi connectivity index (χ3n) is 2.14. The number of rotatable bonds is 6. The van der Waals surface area contributed by atoms with E-state index in [1.807, 2.05) is 0 Å². The molecule has 0 saturated carbocycles. The van der Waals surface area contributed by atoms with Crippen LogP contribution in [0.2, 0.25) is 0 Å². The molecule has 0 fully saturated rings. The van der Waals surface area contributed by atoms with Gasteiger partial charge in [0.25, 0.3) is 11.6 Å². The smallest absolute Gasteiger partial charge is 0.276 e. The molecule has 0 heterocycles. The number of non-ortho nitro benzene ring substituents is 1. The van der Waals surface area contributed by atoms with Crippen LogP contribution in [-0.2, 0) is 4.79 Å². The highest BCUT2D eigenvalue weighted by Gasteiger charge is 2.06. The van der Waals surface area contributed by atoms with Crippen LogP contribution in [-0.4, -0.2) is 29.1 Å². The molecule has 9 heteroatoms. The molecule has 0 unspecified atom stereocenters. The second-order valence-electron chi connectivity index (χ2n) is 3.71. The summed E-state index contributed by atoms with van der Waals surface area (Å²) in [6.45, 7) is 3.73. The molecule has 1 aromatic rings. The fraction of sp³-hybridized carbons (Fsp3) is 0.167. The number of carbonyl (C=O) groups excluding carboxylic acids is 1. The number of nitrogens with one attached hydrogen (secondary N) is 3. The number of hydrogen-bond acceptors (Lipinski definition) is 5. The van der Waals surface area contributed by atoms with Crippen molar-refractivity contribution in [1.82, 2.24) is 16.2 Å². The van der Waals surface area contributed by atoms with Gasteiger partial charge in [-0.05, 0) is 24.4 Å². The van der Waals surface area contributed by atoms with Gasteiger partial charge >= 0.3 is 0 Å². The molecule has 21 heavy (non-hydrogen) atoms. The van der Waals surface area contributed by atoms with Crippen molar-refractivity contribution in [1.29, 1.82) is 0 Å². The largest absolute Gasteiger partial charge is 0.484 e. The second-order valence-corrected chi connectivity index (χ2v) is 4.12. The fourth-order valence-electron chi connectivity index (χ4n) is 1.18. The van der Waals surface area contributed by atoms with Gasteiger partial charge in [-0.15, -0.1) is 6.58 Å². The van der Waals surface area contributed by atoms with Crippen molar-refractivity contribution in [3.05, 3.63) is 47.0 Å². The van der Waals surface area contributed by atoms with Crippen LogP contribution in [0.5, 0.6) is 5.75 Å². The normalized spacial score (nSPS) is 9.33. The van der Waals surface area contributed by atoms with E-state index in [9.17, 15) is 14.9 Å². The van der Waals surface area contributed by atoms with E-state index in [0.717, 1.165) is 0 Å². The minimum atomic E-state index is -0.516. The van der Waals surface area contributed by atoms with Crippen LogP contribution in [0, 0.1) is 10.1 Å². The van der Waals surface area contributed by atoms with Crippen LogP contribution in [0.15, 0.2) is 36.9 Å². The van der Waals surface area contributed by atoms with E-state index in [1.54, 1.807) is 6.08 Å². The minimum Gasteiger partial charge on any atom is -0.484 e. The van der Waals surface area contributed by atoms with E-state index >= 15 is 0 Å². The Balaban J connectivity index is 2.31. The first-order valence-corrected chi connectivity index (χ1v) is 6.24. The van der Waals surface area contributed by atoms with Gasteiger partial charge in [0.05, 0.1) is 4.92 Å². The van der Waals surface area contributed by atoms with Crippen LogP contribution in [0.4, 0.5) is 5.69 Å². The molecule has 0 aliphatic rings. The number of benzene rings is 1. The summed E-state index contributed by atoms with van der Waals surface area (Å²) in [4.78, 5) is 21.4. The number of nitro benzene ring substituents is 1. The lowest BCUT2D eigenvalue weighted by Gasteiger charge is -2.10. The molecular weight excluding hydrogens is 296 g/mol. The molecule has 0 radical (unpaired) electrons. The standard InChI is InChI=1S/C12H14N4O4S/c1-2-7-13-12(21)15-14-11(17)8-20-10-5-3-9(4-6-10)16(18)19/h2-6H,1,7-8H2,(H,14,17)(H2,13,15,21). The molecule has 0 atom stereocenters. The third-order valence-corrected chi connectivity index (χ3v) is 2.39. The average molecular weight is 310 g/mol. The number of nitrogens with zero attached hydrogens (tertiary/aromatic N) is 1. The Labute approximate surface area is 126 Å². The molecular formula is C12H14N4O4S. The molecule has 112 valence electrons. The molecule has 3 N–H and O–H groups in total. The number of hydrogen-bond donors (Lipinski definition) is 3. The number of nitro groups is 1. The Kier molecular flexibility index (Phi) is 6.61. The molecule has 0 saturated heterocycles. The molecule has 1 amide bonds. The Hall–Kier alpha value is -2.68. The lowest BCUT2D eigenvalue weighted by Crippen LogP contribution is -2.48. The van der Waals surface area contributed by atoms with Crippen LogP contribution in [0.1, 0.15) is 0 Å². The van der Waals surface area contributed by atoms with Crippen molar-refractivity contribution in [2.24, 2.45) is 0 Å². The third kappa shape index (κ3) is 6.34. The van der Waals surface area contributed by atoms with E-state index in [-0.39, 0.29) is 17.4 Å². The van der Waals surface area contributed by atoms with Gasteiger partial charge in [-0.3, -0.25) is 25.8 Å². The Morgan fingerprint density at radius 3 is 2.62 bits per heavy atom. The van der Waals surface area contributed by atoms with Crippen molar-refractivity contribution in [3.63, 3.8) is 0 Å². The van der Waals surface area contributed by atoms with E-state index < -0.39 is 10.8 Å². The maximum atomic E-state index is 11.5. The highest BCUT2D eigenvalue weighted by Crippen LogP contribution is 2.16. The van der Waals surface area contributed by atoms with Crippen molar-refractivity contribution in [3.8, 4) is 5.75 Å². The molecule has 0 aromatic heterocycles. The fourth-order valence-corrected chi connectivity index (χ4v) is 1.32. The highest BCUT2D eigenvalue weighted by molar-refractivity contribution is 7.80. The maximum absolute atomic E-state index is 11.5. The van der Waals surface area contributed by atoms with E-state index in [4.69, 9.17) is 17.0 Å². The van der Waals surface area contributed by atoms with E-state index in [1.165, 1.54) is 24.3 Å². The predicted molar refractivity (Wildman–Crippen MR) is 80.7 cm³/mol. The van der Waals surface area contributed by atoms with Crippen LogP contribution in [0.25, 0.3) is 0 Å². The molecule has 8 nitrogen and oxygen atoms in total. The SMILES string of the molecule is C=CCNC(=S)NNC(=O)COc1ccc([N+](=O)[O-])cc1. The Bertz CT molecular complexity index is 533. The van der Waals surface area contributed by atoms with E-state index in [2.05, 4.69) is 22.7 Å². The summed E-state index contributed by atoms with van der Waals surface area (Å²) in [6, 6.07) is 5.41. The topological polar surface area (TPSA) is 106 Å². The Morgan fingerprint density at radius 2 is 2.05 bits per heavy atom. The first-order chi connectivity index (χ1) is 10.0. The molecule has 0 aliphatic heterocycles. The van der Waals surface area contributed by atoms with Crippen LogP contribution < -0.4 is 20.9 Å². The zero-order valence-corrected chi connectivity index (χ0v) is 11.8. The average Bonchev–Trinajstić information content (AvgIpc) is 2.49. The first-order valence-electron chi connectivity index (χ1n) is 5.83. The van der Waals surface area contributed by atoms with Crippen molar-refractivity contribution in [2.75, 3.05) is 13.2 Å². The monoisotopic (exact) mass is 310 g/mol. The number of carbonyl (C=O) groups is 1. The number of hydrazine groups is 1. The van der Waals surface area contributed by atoms with Gasteiger partial charge in [-0.1, -0.05) is 6.08 Å². The number of ether oxygens (including phenoxy) is 1. The van der Waals surface area contributed by atoms with Gasteiger partial charge < -0.3 is 10.1 Å². The lowest BCUT2D eigenvalue weighted by atomic mass is 10.3. The summed E-state index contributed by atoms with van der Waals surface area (Å²) in [5.74, 6) is -0.0979. The van der Waals surface area contributed by atoms with Gasteiger partial charge in [0.2, 0.25) is 0 Å². The van der Waals surface area contributed by atoms with Gasteiger partial charge in [-0.25, -0.2) is 0 Å². The molecule has 0 aliphatic carbocycles. The van der Waals surface area contributed by atoms with Gasteiger partial charge in [-0.2, -0.15) is 0 Å². The zero-order chi connectivity index (χ0) is 15.7. The molecule has 1 rings (SSSR count). The van der Waals surface area contributed by atoms with Gasteiger partial charge in [0.15, 0.2) is 11.7 Å². The quantitative estimate of drug-likeness (QED) is 0.307. The summed E-state index contributed by atoms with van der Waals surface area (Å²) >= 11 is 4.86. The zero-order valence-electron chi connectivity index (χ0n) is 11.0. The van der Waals surface area contributed by atoms with Crippen molar-refractivity contribution < 1.29 is 14.5 Å². The Morgan fingerprint density at radius 1 is 1.38 bits per heavy atom. The highest BCUT2D eigenvalue weighted by atomic mass is 32.1. The summed E-state index contributed by atoms with van der Waals surface area (Å²) in [7, 11) is 0. The first kappa shape index (κ1) is 16.4. The van der Waals surface area contributed by atoms with Crippen LogP contribution >= 0.6 is 12.2 Å². The predicted octanol–water partition coefficient (Wildman–Crippen LogP) is 0.655. The maximum Gasteiger partial charge on any atom is 0.276 e. The number of thiocarbonyl (C=S) groups is 1. The minimum absolute atomic E-state index is 0.0490. The molecule has 1 aromatic carbocycles. The van der Waals surface area contributed by atoms with E-state index in [0.29, 0.717) is 12.3 Å². The van der Waals surface area contributed by atoms with Crippen molar-refractivity contribution >= 4 is 28.9 Å². The number of amides is 1. The molecule has 0 spiro atoms. The lowest BCUT2D eigenvalue weighted by molar-refractivity contribution is -0.384. The van der Waals surface area contributed by atoms with Crippen molar-refractivity contribution in [2.45, 2.75) is 0 Å². The summed E-state index contributed by atoms with van der Waals surface area (Å²) in [5.41, 5.74) is 4.76. The van der Waals surface area contributed by atoms with Gasteiger partial charge in [0, 0.05) is 18.7 Å². The van der Waals surface area contributed by atoms with Gasteiger partial charge in [0.1, 0.15) is 5.75 Å². The summed E-state index contributed by atoms with van der Waals surface area (Å²) < 4.78 is 5.16. The molecule has 0 bridgehead atoms. The van der Waals surface area contributed by atoms with Crippen LogP contribution in [0.3, 0.4) is 0 Å². The second kappa shape index (κ2) is 8.48. The summed E-state index contributed by atoms with van der Waals surface area (Å²) in [6.07, 6.45) is 1.62. The summed E-state index contributed by atoms with van der Waals surface area (Å²) in [5, 5.41) is 13.5.